The highest BCUT2D eigenvalue weighted by Gasteiger charge is 2.30. The number of methoxy groups -OCH3 is 1. The Kier molecular flexibility index (Phi) is 7.43. The Labute approximate surface area is 191 Å². The number of aromatic hydroxyl groups is 1. The molecule has 0 aliphatic carbocycles. The summed E-state index contributed by atoms with van der Waals surface area (Å²) in [6, 6.07) is 4.97. The van der Waals surface area contributed by atoms with E-state index in [2.05, 4.69) is 20.9 Å². The zero-order valence-corrected chi connectivity index (χ0v) is 18.9. The Hall–Kier alpha value is -3.74. The predicted molar refractivity (Wildman–Crippen MR) is 121 cm³/mol. The van der Waals surface area contributed by atoms with E-state index in [1.54, 1.807) is 12.1 Å². The van der Waals surface area contributed by atoms with E-state index in [0.29, 0.717) is 30.3 Å². The van der Waals surface area contributed by atoms with Crippen LogP contribution in [0.5, 0.6) is 11.5 Å². The van der Waals surface area contributed by atoms with E-state index in [4.69, 9.17) is 4.74 Å². The molecule has 1 saturated heterocycles. The third-order valence-corrected chi connectivity index (χ3v) is 5.67. The third kappa shape index (κ3) is 5.55. The molecule has 5 N–H and O–H groups in total. The Morgan fingerprint density at radius 1 is 1.33 bits per heavy atom. The van der Waals surface area contributed by atoms with Crippen molar-refractivity contribution in [1.29, 1.82) is 5.26 Å². The molecule has 2 aromatic rings. The first-order chi connectivity index (χ1) is 15.7. The van der Waals surface area contributed by atoms with E-state index in [1.165, 1.54) is 13.2 Å². The third-order valence-electron chi connectivity index (χ3n) is 5.67. The van der Waals surface area contributed by atoms with Crippen LogP contribution in [-0.4, -0.2) is 53.6 Å². The number of benzene rings is 1. The quantitative estimate of drug-likeness (QED) is 0.386. The second-order valence-corrected chi connectivity index (χ2v) is 8.62. The molecular formula is C23H29N5O5. The molecule has 2 heterocycles. The number of ether oxygens (including phenoxy) is 1. The molecule has 10 heteroatoms. The topological polar surface area (TPSA) is 156 Å². The minimum absolute atomic E-state index is 0.0495. The number of H-pyrrole nitrogens is 1. The molecule has 1 aliphatic rings. The summed E-state index contributed by atoms with van der Waals surface area (Å²) in [6.45, 7) is 4.41. The van der Waals surface area contributed by atoms with E-state index in [9.17, 15) is 24.8 Å². The van der Waals surface area contributed by atoms with E-state index in [1.807, 2.05) is 19.9 Å². The number of amides is 3. The number of nitrogens with one attached hydrogen (secondary N) is 4. The van der Waals surface area contributed by atoms with Gasteiger partial charge in [-0.3, -0.25) is 14.4 Å². The fourth-order valence-electron chi connectivity index (χ4n) is 4.01. The lowest BCUT2D eigenvalue weighted by Gasteiger charge is -2.22. The van der Waals surface area contributed by atoms with Crippen molar-refractivity contribution in [3.63, 3.8) is 0 Å². The van der Waals surface area contributed by atoms with Gasteiger partial charge in [0.1, 0.15) is 17.8 Å². The molecule has 1 aliphatic heterocycles. The minimum Gasteiger partial charge on any atom is -0.504 e. The van der Waals surface area contributed by atoms with Crippen molar-refractivity contribution < 1.29 is 24.2 Å². The lowest BCUT2D eigenvalue weighted by molar-refractivity contribution is -0.125. The van der Waals surface area contributed by atoms with Gasteiger partial charge in [0, 0.05) is 17.8 Å². The number of hydrogen-bond acceptors (Lipinski definition) is 6. The van der Waals surface area contributed by atoms with Crippen molar-refractivity contribution in [1.82, 2.24) is 20.9 Å². The second-order valence-electron chi connectivity index (χ2n) is 8.62. The van der Waals surface area contributed by atoms with Gasteiger partial charge in [-0.1, -0.05) is 13.8 Å². The average Bonchev–Trinajstić information content (AvgIpc) is 3.38. The van der Waals surface area contributed by atoms with E-state index in [0.717, 1.165) is 0 Å². The number of nitriles is 1. The smallest absolute Gasteiger partial charge is 0.268 e. The predicted octanol–water partition coefficient (Wildman–Crippen LogP) is 1.56. The van der Waals surface area contributed by atoms with Crippen LogP contribution in [0.3, 0.4) is 0 Å². The second kappa shape index (κ2) is 10.3. The summed E-state index contributed by atoms with van der Waals surface area (Å²) in [7, 11) is 1.42. The van der Waals surface area contributed by atoms with Gasteiger partial charge < -0.3 is 30.8 Å². The lowest BCUT2D eigenvalue weighted by atomic mass is 9.98. The van der Waals surface area contributed by atoms with Crippen LogP contribution in [0.1, 0.15) is 43.6 Å². The van der Waals surface area contributed by atoms with Crippen LogP contribution < -0.4 is 20.7 Å². The maximum atomic E-state index is 12.9. The molecule has 0 bridgehead atoms. The number of phenolic OH excluding ortho intramolecular Hbond substituents is 1. The van der Waals surface area contributed by atoms with Gasteiger partial charge in [0.25, 0.3) is 5.91 Å². The fourth-order valence-corrected chi connectivity index (χ4v) is 4.01. The number of rotatable bonds is 9. The van der Waals surface area contributed by atoms with E-state index < -0.39 is 23.9 Å². The van der Waals surface area contributed by atoms with Gasteiger partial charge in [-0.05, 0) is 43.4 Å². The molecule has 1 aromatic carbocycles. The number of phenols is 1. The maximum absolute atomic E-state index is 12.9. The molecule has 10 nitrogen and oxygen atoms in total. The number of aromatic amines is 1. The van der Waals surface area contributed by atoms with Crippen LogP contribution in [0.15, 0.2) is 18.2 Å². The summed E-state index contributed by atoms with van der Waals surface area (Å²) in [5.74, 6) is -1.12. The number of aromatic nitrogens is 1. The Morgan fingerprint density at radius 2 is 2.09 bits per heavy atom. The van der Waals surface area contributed by atoms with Crippen LogP contribution in [0.4, 0.5) is 0 Å². The Morgan fingerprint density at radius 3 is 2.70 bits per heavy atom. The van der Waals surface area contributed by atoms with Gasteiger partial charge in [0.05, 0.1) is 18.7 Å². The van der Waals surface area contributed by atoms with E-state index in [-0.39, 0.29) is 41.4 Å². The lowest BCUT2D eigenvalue weighted by Crippen LogP contribution is -2.50. The first-order valence-electron chi connectivity index (χ1n) is 10.9. The molecule has 33 heavy (non-hydrogen) atoms. The molecule has 0 radical (unpaired) electrons. The standard InChI is InChI=1S/C23H29N5O5/c1-12(2)8-17(22(31)26-14(11-24)9-13-6-7-25-21(13)30)28-23(32)18-10-15-16(27-18)4-5-19(29)20(15)33-3/h4-5,10,12-14,17,27,29H,6-9H2,1-3H3,(H,25,30)(H,26,31)(H,28,32)/t13-,14-,17-/m0/s1. The van der Waals surface area contributed by atoms with Gasteiger partial charge >= 0.3 is 0 Å². The highest BCUT2D eigenvalue weighted by Crippen LogP contribution is 2.34. The van der Waals surface area contributed by atoms with Crippen molar-refractivity contribution in [3.8, 4) is 17.6 Å². The van der Waals surface area contributed by atoms with Gasteiger partial charge in [0.2, 0.25) is 11.8 Å². The number of fused-ring (bicyclic) bond motifs is 1. The summed E-state index contributed by atoms with van der Waals surface area (Å²) in [5, 5.41) is 28.1. The van der Waals surface area contributed by atoms with Gasteiger partial charge in [-0.25, -0.2) is 0 Å². The number of hydrogen-bond donors (Lipinski definition) is 5. The van der Waals surface area contributed by atoms with Gasteiger partial charge in [0.15, 0.2) is 11.5 Å². The van der Waals surface area contributed by atoms with Gasteiger partial charge in [-0.2, -0.15) is 5.26 Å². The van der Waals surface area contributed by atoms with Crippen molar-refractivity contribution in [2.45, 2.75) is 45.2 Å². The summed E-state index contributed by atoms with van der Waals surface area (Å²) in [4.78, 5) is 40.7. The Bertz CT molecular complexity index is 1090. The molecule has 0 saturated carbocycles. The largest absolute Gasteiger partial charge is 0.504 e. The van der Waals surface area contributed by atoms with Crippen LogP contribution in [-0.2, 0) is 9.59 Å². The highest BCUT2D eigenvalue weighted by atomic mass is 16.5. The van der Waals surface area contributed by atoms with Crippen LogP contribution in [0, 0.1) is 23.2 Å². The van der Waals surface area contributed by atoms with E-state index >= 15 is 0 Å². The Balaban J connectivity index is 1.73. The molecule has 0 unspecified atom stereocenters. The number of carbonyl (C=O) groups is 3. The molecule has 3 atom stereocenters. The van der Waals surface area contributed by atoms with Gasteiger partial charge in [-0.15, -0.1) is 0 Å². The maximum Gasteiger partial charge on any atom is 0.268 e. The summed E-state index contributed by atoms with van der Waals surface area (Å²) < 4.78 is 5.22. The van der Waals surface area contributed by atoms with Crippen LogP contribution in [0.2, 0.25) is 0 Å². The molecule has 1 aromatic heterocycles. The van der Waals surface area contributed by atoms with Crippen molar-refractivity contribution in [2.24, 2.45) is 11.8 Å². The first-order valence-corrected chi connectivity index (χ1v) is 10.9. The monoisotopic (exact) mass is 455 g/mol. The molecule has 3 rings (SSSR count). The summed E-state index contributed by atoms with van der Waals surface area (Å²) in [6.07, 6.45) is 1.21. The molecule has 1 fully saturated rings. The molecule has 0 spiro atoms. The van der Waals surface area contributed by atoms with Crippen molar-refractivity contribution in [3.05, 3.63) is 23.9 Å². The molecule has 176 valence electrons. The number of nitrogens with zero attached hydrogens (tertiary/aromatic N) is 1. The first kappa shape index (κ1) is 23.9. The average molecular weight is 456 g/mol. The zero-order chi connectivity index (χ0) is 24.1. The summed E-state index contributed by atoms with van der Waals surface area (Å²) >= 11 is 0. The highest BCUT2D eigenvalue weighted by molar-refractivity contribution is 6.02. The van der Waals surface area contributed by atoms with Crippen LogP contribution in [0.25, 0.3) is 10.9 Å². The fraction of sp³-hybridized carbons (Fsp3) is 0.478. The minimum atomic E-state index is -0.868. The van der Waals surface area contributed by atoms with Crippen molar-refractivity contribution >= 4 is 28.6 Å². The normalized spacial score (nSPS) is 17.3. The molecule has 3 amide bonds. The molecular weight excluding hydrogens is 426 g/mol. The summed E-state index contributed by atoms with van der Waals surface area (Å²) in [5.41, 5.74) is 0.800. The number of carbonyl (C=O) groups excluding carboxylic acids is 3. The van der Waals surface area contributed by atoms with Crippen molar-refractivity contribution in [2.75, 3.05) is 13.7 Å². The van der Waals surface area contributed by atoms with Crippen LogP contribution >= 0.6 is 0 Å². The zero-order valence-electron chi connectivity index (χ0n) is 18.9. The SMILES string of the molecule is COc1c(O)ccc2[nH]c(C(=O)N[C@@H](CC(C)C)C(=O)N[C@H](C#N)C[C@@H]3CCNC3=O)cc12.